The van der Waals surface area contributed by atoms with E-state index in [1.54, 1.807) is 24.3 Å². The second-order valence-electron chi connectivity index (χ2n) is 7.17. The number of imide groups is 1. The van der Waals surface area contributed by atoms with Crippen molar-refractivity contribution in [1.29, 1.82) is 0 Å². The van der Waals surface area contributed by atoms with Gasteiger partial charge in [0.05, 0.1) is 0 Å². The molecule has 3 amide bonds. The Balaban J connectivity index is 1.54. The fourth-order valence-corrected chi connectivity index (χ4v) is 3.41. The van der Waals surface area contributed by atoms with E-state index in [-0.39, 0.29) is 6.10 Å². The zero-order chi connectivity index (χ0) is 19.2. The minimum atomic E-state index is -0.558. The Bertz CT molecular complexity index is 801. The van der Waals surface area contributed by atoms with E-state index in [0.717, 1.165) is 17.7 Å². The molecule has 2 unspecified atom stereocenters. The number of carbonyl (C=O) groups excluding carboxylic acids is 2. The van der Waals surface area contributed by atoms with E-state index in [2.05, 4.69) is 17.6 Å². The molecule has 1 aliphatic rings. The van der Waals surface area contributed by atoms with Crippen LogP contribution in [0.3, 0.4) is 0 Å². The van der Waals surface area contributed by atoms with Gasteiger partial charge >= 0.3 is 6.03 Å². The maximum atomic E-state index is 12.2. The van der Waals surface area contributed by atoms with Crippen LogP contribution in [0.5, 0.6) is 5.75 Å². The van der Waals surface area contributed by atoms with Crippen LogP contribution in [0.4, 0.5) is 10.5 Å². The molecular weight excluding hydrogens is 340 g/mol. The highest BCUT2D eigenvalue weighted by Gasteiger charge is 2.22. The van der Waals surface area contributed by atoms with Gasteiger partial charge in [0.2, 0.25) is 0 Å². The average molecular weight is 366 g/mol. The molecule has 0 saturated heterocycles. The second-order valence-corrected chi connectivity index (χ2v) is 7.17. The molecular formula is C22H26N2O3. The SMILES string of the molecule is Cc1ccccc1C(=O)NC(=O)Nc1ccc(OC2CCCCC2C)cc1. The van der Waals surface area contributed by atoms with Crippen molar-refractivity contribution in [3.8, 4) is 5.75 Å². The van der Waals surface area contributed by atoms with Gasteiger partial charge in [-0.25, -0.2) is 4.79 Å². The third kappa shape index (κ3) is 5.09. The quantitative estimate of drug-likeness (QED) is 0.807. The highest BCUT2D eigenvalue weighted by molar-refractivity contribution is 6.08. The summed E-state index contributed by atoms with van der Waals surface area (Å²) in [6.45, 7) is 4.06. The summed E-state index contributed by atoms with van der Waals surface area (Å²) < 4.78 is 6.08. The van der Waals surface area contributed by atoms with Gasteiger partial charge in [0.15, 0.2) is 0 Å². The van der Waals surface area contributed by atoms with Crippen LogP contribution in [0.2, 0.25) is 0 Å². The van der Waals surface area contributed by atoms with E-state index in [4.69, 9.17) is 4.74 Å². The lowest BCUT2D eigenvalue weighted by molar-refractivity contribution is 0.0966. The lowest BCUT2D eigenvalue weighted by Crippen LogP contribution is -2.34. The minimum Gasteiger partial charge on any atom is -0.490 e. The Morgan fingerprint density at radius 2 is 1.70 bits per heavy atom. The van der Waals surface area contributed by atoms with Crippen LogP contribution in [-0.2, 0) is 0 Å². The van der Waals surface area contributed by atoms with Crippen molar-refractivity contribution in [3.05, 3.63) is 59.7 Å². The van der Waals surface area contributed by atoms with Crippen LogP contribution >= 0.6 is 0 Å². The molecule has 1 fully saturated rings. The Kier molecular flexibility index (Phi) is 6.12. The van der Waals surface area contributed by atoms with Crippen LogP contribution in [0.25, 0.3) is 0 Å². The number of carbonyl (C=O) groups is 2. The summed E-state index contributed by atoms with van der Waals surface area (Å²) in [5.41, 5.74) is 1.91. The summed E-state index contributed by atoms with van der Waals surface area (Å²) in [6, 6.07) is 13.8. The summed E-state index contributed by atoms with van der Waals surface area (Å²) in [7, 11) is 0. The summed E-state index contributed by atoms with van der Waals surface area (Å²) in [4.78, 5) is 24.3. The van der Waals surface area contributed by atoms with Crippen molar-refractivity contribution < 1.29 is 14.3 Å². The molecule has 2 atom stereocenters. The minimum absolute atomic E-state index is 0.257. The van der Waals surface area contributed by atoms with Gasteiger partial charge in [-0.2, -0.15) is 0 Å². The molecule has 0 heterocycles. The summed E-state index contributed by atoms with van der Waals surface area (Å²) in [5.74, 6) is 0.947. The molecule has 1 aliphatic carbocycles. The molecule has 27 heavy (non-hydrogen) atoms. The highest BCUT2D eigenvalue weighted by atomic mass is 16.5. The Labute approximate surface area is 160 Å². The number of nitrogens with one attached hydrogen (secondary N) is 2. The molecule has 2 aromatic carbocycles. The first kappa shape index (κ1) is 19.0. The average Bonchev–Trinajstić information content (AvgIpc) is 2.65. The van der Waals surface area contributed by atoms with E-state index in [0.29, 0.717) is 17.2 Å². The Morgan fingerprint density at radius 1 is 1.00 bits per heavy atom. The second kappa shape index (κ2) is 8.71. The molecule has 0 aliphatic heterocycles. The number of anilines is 1. The van der Waals surface area contributed by atoms with Gasteiger partial charge in [-0.15, -0.1) is 0 Å². The van der Waals surface area contributed by atoms with Gasteiger partial charge in [0, 0.05) is 11.3 Å². The number of aryl methyl sites for hydroxylation is 1. The van der Waals surface area contributed by atoms with Gasteiger partial charge in [-0.3, -0.25) is 10.1 Å². The van der Waals surface area contributed by atoms with Crippen molar-refractivity contribution in [2.24, 2.45) is 5.92 Å². The fraction of sp³-hybridized carbons (Fsp3) is 0.364. The molecule has 1 saturated carbocycles. The third-order valence-electron chi connectivity index (χ3n) is 5.05. The van der Waals surface area contributed by atoms with Crippen molar-refractivity contribution in [2.45, 2.75) is 45.6 Å². The number of hydrogen-bond acceptors (Lipinski definition) is 3. The number of ether oxygens (including phenoxy) is 1. The standard InChI is InChI=1S/C22H26N2O3/c1-15-7-3-5-9-19(15)21(25)24-22(26)23-17-11-13-18(14-12-17)27-20-10-6-4-8-16(20)2/h3,5,7,9,11-14,16,20H,4,6,8,10H2,1-2H3,(H2,23,24,25,26). The van der Waals surface area contributed by atoms with Crippen LogP contribution in [0, 0.1) is 12.8 Å². The topological polar surface area (TPSA) is 67.4 Å². The van der Waals surface area contributed by atoms with Gasteiger partial charge in [-0.1, -0.05) is 31.5 Å². The van der Waals surface area contributed by atoms with Crippen LogP contribution < -0.4 is 15.4 Å². The lowest BCUT2D eigenvalue weighted by Gasteiger charge is -2.29. The molecule has 0 radical (unpaired) electrons. The number of urea groups is 1. The molecule has 3 rings (SSSR count). The van der Waals surface area contributed by atoms with Crippen molar-refractivity contribution in [2.75, 3.05) is 5.32 Å². The lowest BCUT2D eigenvalue weighted by atomic mass is 9.88. The smallest absolute Gasteiger partial charge is 0.326 e. The summed E-state index contributed by atoms with van der Waals surface area (Å²) >= 11 is 0. The molecule has 0 spiro atoms. The number of rotatable bonds is 4. The van der Waals surface area contributed by atoms with E-state index >= 15 is 0 Å². The van der Waals surface area contributed by atoms with Gasteiger partial charge in [-0.05, 0) is 68.0 Å². The number of hydrogen-bond donors (Lipinski definition) is 2. The van der Waals surface area contributed by atoms with E-state index in [9.17, 15) is 9.59 Å². The van der Waals surface area contributed by atoms with Gasteiger partial charge < -0.3 is 10.1 Å². The first-order valence-corrected chi connectivity index (χ1v) is 9.47. The Hall–Kier alpha value is -2.82. The predicted octanol–water partition coefficient (Wildman–Crippen LogP) is 4.91. The molecule has 5 nitrogen and oxygen atoms in total. The molecule has 0 aromatic heterocycles. The Morgan fingerprint density at radius 3 is 2.41 bits per heavy atom. The van der Waals surface area contributed by atoms with Crippen LogP contribution in [0.1, 0.15) is 48.5 Å². The molecule has 142 valence electrons. The first-order valence-electron chi connectivity index (χ1n) is 9.47. The monoisotopic (exact) mass is 366 g/mol. The first-order chi connectivity index (χ1) is 13.0. The molecule has 0 bridgehead atoms. The van der Waals surface area contributed by atoms with Crippen LogP contribution in [0.15, 0.2) is 48.5 Å². The van der Waals surface area contributed by atoms with Crippen LogP contribution in [-0.4, -0.2) is 18.0 Å². The van der Waals surface area contributed by atoms with Gasteiger partial charge in [0.1, 0.15) is 11.9 Å². The zero-order valence-electron chi connectivity index (χ0n) is 15.8. The molecule has 5 heteroatoms. The number of benzene rings is 2. The van der Waals surface area contributed by atoms with E-state index < -0.39 is 11.9 Å². The normalized spacial score (nSPS) is 19.2. The maximum absolute atomic E-state index is 12.2. The highest BCUT2D eigenvalue weighted by Crippen LogP contribution is 2.28. The predicted molar refractivity (Wildman–Crippen MR) is 106 cm³/mol. The van der Waals surface area contributed by atoms with Crippen molar-refractivity contribution >= 4 is 17.6 Å². The van der Waals surface area contributed by atoms with Crippen molar-refractivity contribution in [3.63, 3.8) is 0 Å². The summed E-state index contributed by atoms with van der Waals surface area (Å²) in [6.07, 6.45) is 5.04. The van der Waals surface area contributed by atoms with E-state index in [1.807, 2.05) is 31.2 Å². The molecule has 2 N–H and O–H groups in total. The zero-order valence-corrected chi connectivity index (χ0v) is 15.8. The molecule has 2 aromatic rings. The summed E-state index contributed by atoms with van der Waals surface area (Å²) in [5, 5.41) is 5.03. The van der Waals surface area contributed by atoms with Crippen molar-refractivity contribution in [1.82, 2.24) is 5.32 Å². The third-order valence-corrected chi connectivity index (χ3v) is 5.05. The van der Waals surface area contributed by atoms with Gasteiger partial charge in [0.25, 0.3) is 5.91 Å². The largest absolute Gasteiger partial charge is 0.490 e. The number of amides is 3. The fourth-order valence-electron chi connectivity index (χ4n) is 3.41. The van der Waals surface area contributed by atoms with E-state index in [1.165, 1.54) is 19.3 Å². The maximum Gasteiger partial charge on any atom is 0.326 e.